The van der Waals surface area contributed by atoms with Crippen LogP contribution >= 0.6 is 0 Å². The fraction of sp³-hybridized carbons (Fsp3) is 0. The maximum atomic E-state index is 11.9. The molecule has 0 bridgehead atoms. The average molecular weight is 464 g/mol. The van der Waals surface area contributed by atoms with Gasteiger partial charge in [0.2, 0.25) is 0 Å². The molecule has 54 valence electrons. The number of rotatable bonds is 0. The van der Waals surface area contributed by atoms with Crippen molar-refractivity contribution in [1.29, 1.82) is 0 Å². The zero-order valence-corrected chi connectivity index (χ0v) is 11.5. The standard InChI is InChI=1S/C6H4F.Bi.2BrH/c7-6-4-2-1-3-5-6;;;/h2-5H;;2*1H/q;+2;;/p-2. The van der Waals surface area contributed by atoms with Crippen LogP contribution in [0.25, 0.3) is 0 Å². The summed E-state index contributed by atoms with van der Waals surface area (Å²) < 4.78 is 11.9. The molecule has 0 saturated heterocycles. The van der Waals surface area contributed by atoms with Crippen LogP contribution in [0.1, 0.15) is 0 Å². The van der Waals surface area contributed by atoms with E-state index in [0.717, 1.165) is 0 Å². The average Bonchev–Trinajstić information content (AvgIpc) is 1.69. The molecule has 0 nitrogen and oxygen atoms in total. The van der Waals surface area contributed by atoms with Crippen molar-refractivity contribution in [3.8, 4) is 0 Å². The van der Waals surface area contributed by atoms with Crippen molar-refractivity contribution >= 4 is 26.2 Å². The Hall–Kier alpha value is 1.03. The first-order valence-electron chi connectivity index (χ1n) is 2.01. The van der Waals surface area contributed by atoms with E-state index in [-0.39, 0.29) is 66.0 Å². The molecule has 0 aromatic heterocycles. The summed E-state index contributed by atoms with van der Waals surface area (Å²) in [5, 5.41) is 0. The molecule has 0 spiro atoms. The summed E-state index contributed by atoms with van der Waals surface area (Å²) in [4.78, 5) is 0. The Balaban J connectivity index is -0.000000163. The van der Waals surface area contributed by atoms with Crippen molar-refractivity contribution in [3.05, 3.63) is 36.2 Å². The Morgan fingerprint density at radius 3 is 2.00 bits per heavy atom. The van der Waals surface area contributed by atoms with Gasteiger partial charge in [0, 0.05) is 6.42 Å². The first-order valence-corrected chi connectivity index (χ1v) is 2.01. The molecule has 0 heterocycles. The molecular weight excluding hydrogens is 460 g/mol. The Morgan fingerprint density at radius 2 is 1.80 bits per heavy atom. The third kappa shape index (κ3) is 7.14. The minimum atomic E-state index is -0.209. The minimum Gasteiger partial charge on any atom is -1.00 e. The van der Waals surface area contributed by atoms with Crippen molar-refractivity contribution in [3.63, 3.8) is 0 Å². The summed E-state index contributed by atoms with van der Waals surface area (Å²) in [7, 11) is 0. The molecule has 0 aromatic rings. The molecule has 1 aliphatic rings. The normalized spacial score (nSPS) is 11.9. The van der Waals surface area contributed by atoms with E-state index in [9.17, 15) is 4.39 Å². The molecule has 0 amide bonds. The molecule has 0 saturated carbocycles. The van der Waals surface area contributed by atoms with Gasteiger partial charge in [-0.1, -0.05) is 0 Å². The van der Waals surface area contributed by atoms with Crippen LogP contribution in [-0.4, -0.2) is 26.2 Å². The maximum Gasteiger partial charge on any atom is 2.00 e. The second-order valence-electron chi connectivity index (χ2n) is 1.22. The number of allylic oxidation sites excluding steroid dienone is 3. The molecule has 0 atom stereocenters. The largest absolute Gasteiger partial charge is 2.00 e. The second-order valence-corrected chi connectivity index (χ2v) is 1.22. The Labute approximate surface area is 99.9 Å². The van der Waals surface area contributed by atoms with E-state index in [1.54, 1.807) is 0 Å². The molecule has 0 unspecified atom stereocenters. The monoisotopic (exact) mass is 462 g/mol. The van der Waals surface area contributed by atoms with E-state index in [1.165, 1.54) is 24.6 Å². The van der Waals surface area contributed by atoms with E-state index in [0.29, 0.717) is 0 Å². The molecule has 0 aliphatic heterocycles. The third-order valence-electron chi connectivity index (χ3n) is 0.678. The van der Waals surface area contributed by atoms with Crippen molar-refractivity contribution in [1.82, 2.24) is 0 Å². The molecule has 4 heteroatoms. The van der Waals surface area contributed by atoms with Crippen molar-refractivity contribution in [2.75, 3.05) is 0 Å². The predicted molar refractivity (Wildman–Crippen MR) is 31.9 cm³/mol. The van der Waals surface area contributed by atoms with E-state index in [2.05, 4.69) is 5.73 Å². The second kappa shape index (κ2) is 10.0. The van der Waals surface area contributed by atoms with Gasteiger partial charge in [0.05, 0.1) is 0 Å². The molecule has 1 aliphatic carbocycles. The fourth-order valence-corrected chi connectivity index (χ4v) is 0.367. The van der Waals surface area contributed by atoms with E-state index in [4.69, 9.17) is 0 Å². The SMILES string of the molecule is FC1=CC=C=C[CH]1.[Bi+2].[Br-].[Br-]. The van der Waals surface area contributed by atoms with Crippen LogP contribution < -0.4 is 34.0 Å². The third-order valence-corrected chi connectivity index (χ3v) is 0.678. The predicted octanol–water partition coefficient (Wildman–Crippen LogP) is -4.60. The summed E-state index contributed by atoms with van der Waals surface area (Å²) in [6.07, 6.45) is 5.80. The molecule has 0 N–H and O–H groups in total. The summed E-state index contributed by atoms with van der Waals surface area (Å²) in [6, 6.07) is 0. The molecule has 0 fully saturated rings. The van der Waals surface area contributed by atoms with E-state index >= 15 is 0 Å². The summed E-state index contributed by atoms with van der Waals surface area (Å²) >= 11 is 0. The molecular formula is C6H4BiBr2F. The summed E-state index contributed by atoms with van der Waals surface area (Å²) in [6.45, 7) is 0. The molecule has 4 radical (unpaired) electrons. The van der Waals surface area contributed by atoms with Gasteiger partial charge in [-0.25, -0.2) is 4.39 Å². The fourth-order valence-electron chi connectivity index (χ4n) is 0.367. The molecule has 10 heavy (non-hydrogen) atoms. The van der Waals surface area contributed by atoms with Crippen LogP contribution in [0, 0.1) is 6.42 Å². The van der Waals surface area contributed by atoms with Crippen molar-refractivity contribution < 1.29 is 38.4 Å². The van der Waals surface area contributed by atoms with Gasteiger partial charge in [-0.15, -0.1) is 5.73 Å². The number of hydrogen-bond acceptors (Lipinski definition) is 0. The van der Waals surface area contributed by atoms with Crippen molar-refractivity contribution in [2.45, 2.75) is 0 Å². The smallest absolute Gasteiger partial charge is 1.00 e. The van der Waals surface area contributed by atoms with Gasteiger partial charge >= 0.3 is 26.2 Å². The van der Waals surface area contributed by atoms with Gasteiger partial charge in [0.15, 0.2) is 0 Å². The summed E-state index contributed by atoms with van der Waals surface area (Å²) in [5.74, 6) is -0.209. The quantitative estimate of drug-likeness (QED) is 0.251. The topological polar surface area (TPSA) is 0 Å². The Kier molecular flexibility index (Phi) is 17.3. The van der Waals surface area contributed by atoms with Gasteiger partial charge < -0.3 is 34.0 Å². The van der Waals surface area contributed by atoms with Crippen LogP contribution in [0.5, 0.6) is 0 Å². The summed E-state index contributed by atoms with van der Waals surface area (Å²) in [5.41, 5.74) is 2.69. The van der Waals surface area contributed by atoms with Crippen LogP contribution in [0.15, 0.2) is 29.8 Å². The van der Waals surface area contributed by atoms with Crippen LogP contribution in [-0.2, 0) is 0 Å². The van der Waals surface area contributed by atoms with E-state index in [1.807, 2.05) is 0 Å². The van der Waals surface area contributed by atoms with Crippen LogP contribution in [0.4, 0.5) is 4.39 Å². The van der Waals surface area contributed by atoms with E-state index < -0.39 is 0 Å². The van der Waals surface area contributed by atoms with Gasteiger partial charge in [0.25, 0.3) is 0 Å². The Morgan fingerprint density at radius 1 is 1.20 bits per heavy atom. The first kappa shape index (κ1) is 17.2. The van der Waals surface area contributed by atoms with Crippen molar-refractivity contribution in [2.24, 2.45) is 0 Å². The zero-order valence-electron chi connectivity index (χ0n) is 4.89. The molecule has 0 aromatic carbocycles. The van der Waals surface area contributed by atoms with Gasteiger partial charge in [0.1, 0.15) is 5.83 Å². The van der Waals surface area contributed by atoms with Gasteiger partial charge in [-0.05, 0) is 18.2 Å². The van der Waals surface area contributed by atoms with Gasteiger partial charge in [-0.2, -0.15) is 0 Å². The minimum absolute atomic E-state index is 0. The molecule has 1 rings (SSSR count). The number of hydrogen-bond donors (Lipinski definition) is 0. The van der Waals surface area contributed by atoms with Gasteiger partial charge in [-0.3, -0.25) is 0 Å². The Bertz CT molecular complexity index is 159. The zero-order chi connectivity index (χ0) is 5.11. The van der Waals surface area contributed by atoms with Crippen LogP contribution in [0.2, 0.25) is 0 Å². The number of halogens is 3. The maximum absolute atomic E-state index is 11.9. The van der Waals surface area contributed by atoms with Crippen LogP contribution in [0.3, 0.4) is 0 Å². The first-order chi connectivity index (χ1) is 3.39.